The van der Waals surface area contributed by atoms with Crippen molar-refractivity contribution in [2.24, 2.45) is 5.73 Å². The summed E-state index contributed by atoms with van der Waals surface area (Å²) >= 11 is -2.41. The molecule has 0 bridgehead atoms. The zero-order valence-corrected chi connectivity index (χ0v) is 19.2. The molecule has 10 heteroatoms. The molecule has 3 aliphatic heterocycles. The smallest absolute Gasteiger partial charge is 0.184 e. The third-order valence-electron chi connectivity index (χ3n) is 6.47. The molecule has 0 saturated carbocycles. The zero-order valence-electron chi connectivity index (χ0n) is 18.4. The number of aromatic nitrogens is 2. The van der Waals surface area contributed by atoms with Gasteiger partial charge in [0.2, 0.25) is 0 Å². The van der Waals surface area contributed by atoms with Gasteiger partial charge < -0.3 is 29.4 Å². The van der Waals surface area contributed by atoms with E-state index >= 15 is 0 Å². The Bertz CT molecular complexity index is 1060. The van der Waals surface area contributed by atoms with E-state index in [1.54, 1.807) is 13.8 Å². The van der Waals surface area contributed by atoms with Crippen LogP contribution in [0, 0.1) is 0 Å². The number of hydrogen-bond donors (Lipinski definition) is 1. The molecule has 3 aliphatic rings. The predicted octanol–water partition coefficient (Wildman–Crippen LogP) is 1.43. The third-order valence-corrected chi connectivity index (χ3v) is 7.50. The number of anilines is 1. The highest BCUT2D eigenvalue weighted by Crippen LogP contribution is 2.43. The van der Waals surface area contributed by atoms with Gasteiger partial charge in [-0.1, -0.05) is 24.3 Å². The Hall–Kier alpha value is -2.11. The molecule has 1 aromatic carbocycles. The summed E-state index contributed by atoms with van der Waals surface area (Å²) in [5.41, 5.74) is 8.00. The molecule has 0 aliphatic carbocycles. The van der Waals surface area contributed by atoms with Crippen molar-refractivity contribution in [1.29, 1.82) is 0 Å². The molecule has 32 heavy (non-hydrogen) atoms. The summed E-state index contributed by atoms with van der Waals surface area (Å²) < 4.78 is 40.0. The number of morpholine rings is 1. The predicted molar refractivity (Wildman–Crippen MR) is 118 cm³/mol. The van der Waals surface area contributed by atoms with Gasteiger partial charge in [0.1, 0.15) is 12.3 Å². The maximum absolute atomic E-state index is 12.1. The van der Waals surface area contributed by atoms with Gasteiger partial charge in [-0.3, -0.25) is 4.21 Å². The highest BCUT2D eigenvalue weighted by Gasteiger charge is 2.41. The van der Waals surface area contributed by atoms with Crippen LogP contribution >= 0.6 is 0 Å². The summed E-state index contributed by atoms with van der Waals surface area (Å²) in [5, 5.41) is 0. The van der Waals surface area contributed by atoms with E-state index in [0.717, 1.165) is 11.1 Å². The van der Waals surface area contributed by atoms with E-state index in [2.05, 4.69) is 11.8 Å². The first-order chi connectivity index (χ1) is 15.2. The van der Waals surface area contributed by atoms with E-state index in [0.29, 0.717) is 56.1 Å². The van der Waals surface area contributed by atoms with Crippen LogP contribution in [0.2, 0.25) is 0 Å². The fraction of sp³-hybridized carbons (Fsp3) is 0.545. The van der Waals surface area contributed by atoms with Crippen LogP contribution < -0.4 is 15.4 Å². The molecule has 1 aromatic heterocycles. The van der Waals surface area contributed by atoms with E-state index in [-0.39, 0.29) is 12.1 Å². The minimum absolute atomic E-state index is 0.0146. The first kappa shape index (κ1) is 21.7. The van der Waals surface area contributed by atoms with Gasteiger partial charge in [0, 0.05) is 5.56 Å². The van der Waals surface area contributed by atoms with E-state index < -0.39 is 21.4 Å². The van der Waals surface area contributed by atoms with Crippen molar-refractivity contribution in [2.45, 2.75) is 43.1 Å². The number of rotatable bonds is 4. The van der Waals surface area contributed by atoms with Gasteiger partial charge in [-0.15, -0.1) is 0 Å². The summed E-state index contributed by atoms with van der Waals surface area (Å²) in [6, 6.07) is 7.83. The third kappa shape index (κ3) is 3.41. The van der Waals surface area contributed by atoms with Crippen LogP contribution in [-0.2, 0) is 30.8 Å². The molecular formula is C22H27N4O5S-. The number of benzene rings is 1. The molecule has 1 unspecified atom stereocenters. The van der Waals surface area contributed by atoms with Crippen LogP contribution in [0.25, 0.3) is 11.4 Å². The summed E-state index contributed by atoms with van der Waals surface area (Å²) in [7, 11) is 0. The van der Waals surface area contributed by atoms with Gasteiger partial charge in [-0.2, -0.15) is 0 Å². The second-order valence-electron chi connectivity index (χ2n) is 9.28. The monoisotopic (exact) mass is 459 g/mol. The minimum atomic E-state index is -2.41. The van der Waals surface area contributed by atoms with Crippen molar-refractivity contribution in [3.8, 4) is 17.1 Å². The number of hydrogen-bond acceptors (Lipinski definition) is 9. The van der Waals surface area contributed by atoms with Gasteiger partial charge in [0.15, 0.2) is 17.4 Å². The largest absolute Gasteiger partial charge is 0.772 e. The van der Waals surface area contributed by atoms with Gasteiger partial charge in [-0.25, -0.2) is 9.97 Å². The molecule has 172 valence electrons. The number of ether oxygens (including phenoxy) is 3. The van der Waals surface area contributed by atoms with Crippen molar-refractivity contribution in [3.63, 3.8) is 0 Å². The normalized spacial score (nSPS) is 25.2. The van der Waals surface area contributed by atoms with Crippen molar-refractivity contribution in [3.05, 3.63) is 35.5 Å². The average molecular weight is 460 g/mol. The molecule has 0 amide bonds. The lowest BCUT2D eigenvalue weighted by molar-refractivity contribution is -0.0569. The number of fused-ring (bicyclic) bond motifs is 3. The van der Waals surface area contributed by atoms with Crippen LogP contribution in [0.1, 0.15) is 32.0 Å². The summed E-state index contributed by atoms with van der Waals surface area (Å²) in [6.07, 6.45) is 0. The van der Waals surface area contributed by atoms with E-state index in [1.165, 1.54) is 0 Å². The van der Waals surface area contributed by atoms with Crippen LogP contribution in [0.5, 0.6) is 5.75 Å². The molecule has 2 fully saturated rings. The van der Waals surface area contributed by atoms with Gasteiger partial charge in [0.25, 0.3) is 0 Å². The molecule has 0 spiro atoms. The quantitative estimate of drug-likeness (QED) is 0.676. The SMILES string of the molecule is C[C@@H]1COC[C@H]2COc3c(nc(-c4ccc(C5(N)COC5)cc4)nc3C(C)(C)S(=O)[O-])N21. The highest BCUT2D eigenvalue weighted by atomic mass is 32.2. The van der Waals surface area contributed by atoms with E-state index in [9.17, 15) is 8.76 Å². The maximum Gasteiger partial charge on any atom is 0.184 e. The Labute approximate surface area is 189 Å². The summed E-state index contributed by atoms with van der Waals surface area (Å²) in [6.45, 7) is 7.78. The van der Waals surface area contributed by atoms with Crippen LogP contribution in [0.15, 0.2) is 24.3 Å². The van der Waals surface area contributed by atoms with Gasteiger partial charge in [0.05, 0.1) is 48.8 Å². The lowest BCUT2D eigenvalue weighted by Crippen LogP contribution is -2.56. The lowest BCUT2D eigenvalue weighted by Gasteiger charge is -2.45. The first-order valence-corrected chi connectivity index (χ1v) is 11.8. The Morgan fingerprint density at radius 3 is 2.50 bits per heavy atom. The lowest BCUT2D eigenvalue weighted by atomic mass is 9.89. The Balaban J connectivity index is 1.64. The molecule has 0 radical (unpaired) electrons. The molecule has 9 nitrogen and oxygen atoms in total. The molecule has 2 N–H and O–H groups in total. The first-order valence-electron chi connectivity index (χ1n) is 10.7. The van der Waals surface area contributed by atoms with Crippen molar-refractivity contribution in [2.75, 3.05) is 37.9 Å². The molecular weight excluding hydrogens is 432 g/mol. The maximum atomic E-state index is 12.1. The second kappa shape index (κ2) is 7.74. The molecule has 2 aromatic rings. The zero-order chi connectivity index (χ0) is 22.7. The molecule has 2 saturated heterocycles. The fourth-order valence-electron chi connectivity index (χ4n) is 4.39. The van der Waals surface area contributed by atoms with Crippen LogP contribution in [-0.4, -0.2) is 63.8 Å². The Morgan fingerprint density at radius 1 is 1.16 bits per heavy atom. The summed E-state index contributed by atoms with van der Waals surface area (Å²) in [5.74, 6) is 1.49. The van der Waals surface area contributed by atoms with Crippen molar-refractivity contribution in [1.82, 2.24) is 9.97 Å². The fourth-order valence-corrected chi connectivity index (χ4v) is 4.68. The molecule has 3 atom stereocenters. The van der Waals surface area contributed by atoms with Crippen molar-refractivity contribution < 1.29 is 23.0 Å². The minimum Gasteiger partial charge on any atom is -0.772 e. The average Bonchev–Trinajstić information content (AvgIpc) is 2.76. The summed E-state index contributed by atoms with van der Waals surface area (Å²) in [4.78, 5) is 11.7. The van der Waals surface area contributed by atoms with Gasteiger partial charge >= 0.3 is 0 Å². The topological polar surface area (TPSA) is 123 Å². The van der Waals surface area contributed by atoms with Gasteiger partial charge in [-0.05, 0) is 37.4 Å². The molecule has 5 rings (SSSR count). The number of nitrogens with zero attached hydrogens (tertiary/aromatic N) is 3. The van der Waals surface area contributed by atoms with E-state index in [4.69, 9.17) is 29.9 Å². The second-order valence-corrected chi connectivity index (χ2v) is 10.8. The standard InChI is InChI=1S/C22H28N4O5S/c1-13-8-29-9-16-10-31-17-18(21(2,3)32(27)28)24-19(25-20(17)26(13)16)14-4-6-15(7-5-14)22(23)11-30-12-22/h4-7,13,16H,8-12,23H2,1-3H3,(H,27,28)/p-1/t13-,16+/m1/s1. The Morgan fingerprint density at radius 2 is 1.88 bits per heavy atom. The van der Waals surface area contributed by atoms with Crippen molar-refractivity contribution >= 4 is 16.9 Å². The van der Waals surface area contributed by atoms with Crippen LogP contribution in [0.3, 0.4) is 0 Å². The van der Waals surface area contributed by atoms with Crippen LogP contribution in [0.4, 0.5) is 5.82 Å². The highest BCUT2D eigenvalue weighted by molar-refractivity contribution is 7.80. The Kier molecular flexibility index (Phi) is 5.25. The number of nitrogens with two attached hydrogens (primary N) is 1. The van der Waals surface area contributed by atoms with E-state index in [1.807, 2.05) is 24.3 Å². The molecule has 4 heterocycles.